The van der Waals surface area contributed by atoms with Crippen LogP contribution in [0.4, 0.5) is 0 Å². The average molecular weight is 258 g/mol. The highest BCUT2D eigenvalue weighted by Crippen LogP contribution is 2.29. The van der Waals surface area contributed by atoms with Crippen molar-refractivity contribution in [2.24, 2.45) is 0 Å². The number of allylic oxidation sites excluding steroid dienone is 2. The Morgan fingerprint density at radius 1 is 1.00 bits per heavy atom. The number of aliphatic hydroxyl groups is 2. The molecule has 1 aromatic rings. The summed E-state index contributed by atoms with van der Waals surface area (Å²) in [6, 6.07) is 9.54. The van der Waals surface area contributed by atoms with Crippen molar-refractivity contribution in [1.82, 2.24) is 0 Å². The molecular weight excluding hydrogens is 236 g/mol. The summed E-state index contributed by atoms with van der Waals surface area (Å²) in [4.78, 5) is 0. The van der Waals surface area contributed by atoms with Gasteiger partial charge in [0.2, 0.25) is 0 Å². The van der Waals surface area contributed by atoms with Crippen LogP contribution in [0.3, 0.4) is 0 Å². The zero-order chi connectivity index (χ0) is 13.6. The van der Waals surface area contributed by atoms with Gasteiger partial charge in [0.25, 0.3) is 0 Å². The minimum atomic E-state index is -0.639. The van der Waals surface area contributed by atoms with Gasteiger partial charge in [-0.1, -0.05) is 73.9 Å². The predicted octanol–water partition coefficient (Wildman–Crippen LogP) is 3.53. The lowest BCUT2D eigenvalue weighted by molar-refractivity contribution is 0.0513. The van der Waals surface area contributed by atoms with Crippen LogP contribution < -0.4 is 0 Å². The van der Waals surface area contributed by atoms with Crippen molar-refractivity contribution in [2.45, 2.75) is 43.8 Å². The van der Waals surface area contributed by atoms with Gasteiger partial charge in [0.05, 0.1) is 11.7 Å². The Bertz CT molecular complexity index is 428. The summed E-state index contributed by atoms with van der Waals surface area (Å²) < 4.78 is 0. The van der Waals surface area contributed by atoms with Crippen molar-refractivity contribution in [3.05, 3.63) is 60.2 Å². The van der Waals surface area contributed by atoms with Crippen molar-refractivity contribution in [3.8, 4) is 0 Å². The van der Waals surface area contributed by atoms with Crippen LogP contribution >= 0.6 is 0 Å². The fraction of sp³-hybridized carbons (Fsp3) is 0.412. The maximum atomic E-state index is 10.3. The summed E-state index contributed by atoms with van der Waals surface area (Å²) >= 11 is 0. The molecule has 0 aliphatic heterocycles. The summed E-state index contributed by atoms with van der Waals surface area (Å²) in [5, 5.41) is 20.2. The van der Waals surface area contributed by atoms with Crippen LogP contribution in [0.1, 0.15) is 43.8 Å². The highest BCUT2D eigenvalue weighted by atomic mass is 16.3. The monoisotopic (exact) mass is 258 g/mol. The highest BCUT2D eigenvalue weighted by Gasteiger charge is 2.25. The molecule has 2 rings (SSSR count). The molecule has 1 aliphatic carbocycles. The second kappa shape index (κ2) is 6.69. The number of rotatable bonds is 4. The molecule has 1 saturated carbocycles. The van der Waals surface area contributed by atoms with E-state index in [9.17, 15) is 10.2 Å². The number of hydrogen-bond acceptors (Lipinski definition) is 2. The summed E-state index contributed by atoms with van der Waals surface area (Å²) in [5.74, 6) is 0. The molecule has 1 fully saturated rings. The van der Waals surface area contributed by atoms with Crippen LogP contribution in [0.5, 0.6) is 0 Å². The van der Waals surface area contributed by atoms with Gasteiger partial charge in [0, 0.05) is 0 Å². The van der Waals surface area contributed by atoms with Crippen molar-refractivity contribution in [2.75, 3.05) is 0 Å². The Morgan fingerprint density at radius 2 is 1.68 bits per heavy atom. The zero-order valence-corrected chi connectivity index (χ0v) is 11.2. The largest absolute Gasteiger partial charge is 0.386 e. The van der Waals surface area contributed by atoms with Gasteiger partial charge in [-0.3, -0.25) is 0 Å². The molecule has 0 radical (unpaired) electrons. The van der Waals surface area contributed by atoms with E-state index in [1.54, 1.807) is 6.08 Å². The lowest BCUT2D eigenvalue weighted by atomic mass is 9.84. The summed E-state index contributed by atoms with van der Waals surface area (Å²) in [6.45, 7) is 0. The molecule has 0 amide bonds. The molecule has 0 saturated heterocycles. The van der Waals surface area contributed by atoms with Crippen LogP contribution in [-0.4, -0.2) is 15.8 Å². The minimum absolute atomic E-state index is 0.591. The van der Waals surface area contributed by atoms with Gasteiger partial charge in [-0.25, -0.2) is 0 Å². The van der Waals surface area contributed by atoms with E-state index >= 15 is 0 Å². The van der Waals surface area contributed by atoms with Gasteiger partial charge in [0.1, 0.15) is 0 Å². The van der Waals surface area contributed by atoms with E-state index in [4.69, 9.17) is 0 Å². The lowest BCUT2D eigenvalue weighted by Gasteiger charge is -2.28. The molecule has 1 unspecified atom stereocenters. The Hall–Kier alpha value is -1.38. The summed E-state index contributed by atoms with van der Waals surface area (Å²) in [7, 11) is 0. The second-order valence-corrected chi connectivity index (χ2v) is 5.26. The Labute approximate surface area is 115 Å². The van der Waals surface area contributed by atoms with E-state index in [1.807, 2.05) is 48.6 Å². The number of aliphatic hydroxyl groups excluding tert-OH is 1. The summed E-state index contributed by atoms with van der Waals surface area (Å²) in [6.07, 6.45) is 11.8. The van der Waals surface area contributed by atoms with E-state index in [-0.39, 0.29) is 0 Å². The van der Waals surface area contributed by atoms with Gasteiger partial charge in [-0.05, 0) is 18.4 Å². The average Bonchev–Trinajstić information content (AvgIpc) is 2.45. The van der Waals surface area contributed by atoms with Gasteiger partial charge in [-0.2, -0.15) is 0 Å². The molecular formula is C17H22O2. The standard InChI is InChI=1S/C17H22O2/c18-16(15-9-3-1-4-10-15)11-5-8-14-17(19)12-6-2-7-13-17/h1,3-5,8-11,14,16,18-19H,2,6-7,12-13H2/b11-5-,14-8+. The molecule has 19 heavy (non-hydrogen) atoms. The van der Waals surface area contributed by atoms with Gasteiger partial charge < -0.3 is 10.2 Å². The molecule has 1 aromatic carbocycles. The topological polar surface area (TPSA) is 40.5 Å². The lowest BCUT2D eigenvalue weighted by Crippen LogP contribution is -2.28. The third-order valence-corrected chi connectivity index (χ3v) is 3.67. The second-order valence-electron chi connectivity index (χ2n) is 5.26. The Morgan fingerprint density at radius 3 is 2.37 bits per heavy atom. The van der Waals surface area contributed by atoms with Gasteiger partial charge in [-0.15, -0.1) is 0 Å². The first kappa shape index (κ1) is 14.0. The van der Waals surface area contributed by atoms with Crippen LogP contribution in [-0.2, 0) is 0 Å². The van der Waals surface area contributed by atoms with Crippen molar-refractivity contribution < 1.29 is 10.2 Å². The molecule has 2 nitrogen and oxygen atoms in total. The maximum Gasteiger partial charge on any atom is 0.0974 e. The fourth-order valence-electron chi connectivity index (χ4n) is 2.50. The van der Waals surface area contributed by atoms with Gasteiger partial charge in [0.15, 0.2) is 0 Å². The molecule has 0 spiro atoms. The highest BCUT2D eigenvalue weighted by molar-refractivity contribution is 5.22. The molecule has 1 atom stereocenters. The summed E-state index contributed by atoms with van der Waals surface area (Å²) in [5.41, 5.74) is 0.240. The predicted molar refractivity (Wildman–Crippen MR) is 77.7 cm³/mol. The molecule has 0 heterocycles. The van der Waals surface area contributed by atoms with Crippen LogP contribution in [0.25, 0.3) is 0 Å². The molecule has 2 heteroatoms. The van der Waals surface area contributed by atoms with Crippen LogP contribution in [0, 0.1) is 0 Å². The van der Waals surface area contributed by atoms with Crippen molar-refractivity contribution >= 4 is 0 Å². The smallest absolute Gasteiger partial charge is 0.0974 e. The molecule has 1 aliphatic rings. The first-order valence-corrected chi connectivity index (χ1v) is 7.01. The van der Waals surface area contributed by atoms with Crippen LogP contribution in [0.15, 0.2) is 54.6 Å². The minimum Gasteiger partial charge on any atom is -0.386 e. The molecule has 2 N–H and O–H groups in total. The quantitative estimate of drug-likeness (QED) is 0.811. The number of benzene rings is 1. The third kappa shape index (κ3) is 4.34. The van der Waals surface area contributed by atoms with E-state index in [0.29, 0.717) is 0 Å². The van der Waals surface area contributed by atoms with E-state index in [2.05, 4.69) is 0 Å². The molecule has 0 aromatic heterocycles. The SMILES string of the molecule is OC(/C=C\C=C\C1(O)CCCCC1)c1ccccc1. The first-order chi connectivity index (χ1) is 9.20. The van der Waals surface area contributed by atoms with Crippen molar-refractivity contribution in [3.63, 3.8) is 0 Å². The molecule has 0 bridgehead atoms. The Balaban J connectivity index is 1.89. The third-order valence-electron chi connectivity index (χ3n) is 3.67. The zero-order valence-electron chi connectivity index (χ0n) is 11.2. The van der Waals surface area contributed by atoms with Gasteiger partial charge >= 0.3 is 0 Å². The number of hydrogen-bond donors (Lipinski definition) is 2. The molecule has 102 valence electrons. The normalized spacial score (nSPS) is 20.9. The first-order valence-electron chi connectivity index (χ1n) is 7.01. The van der Waals surface area contributed by atoms with Crippen LogP contribution in [0.2, 0.25) is 0 Å². The Kier molecular flexibility index (Phi) is 4.94. The van der Waals surface area contributed by atoms with E-state index in [0.717, 1.165) is 31.2 Å². The van der Waals surface area contributed by atoms with E-state index in [1.165, 1.54) is 6.42 Å². The fourth-order valence-corrected chi connectivity index (χ4v) is 2.50. The van der Waals surface area contributed by atoms with Crippen molar-refractivity contribution in [1.29, 1.82) is 0 Å². The maximum absolute atomic E-state index is 10.3. The van der Waals surface area contributed by atoms with E-state index < -0.39 is 11.7 Å².